The molecule has 2 heterocycles. The number of aliphatic hydroxyl groups excluding tert-OH is 1. The lowest BCUT2D eigenvalue weighted by molar-refractivity contribution is -0.122. The standard InChI is InChI=1S/C13H16N4O3/c18-9-13(4-5-13)8-14-11(19)7-17-12(20)16-6-2-1-3-10(16)15-17/h1-3,6,18H,4-5,7-9H2,(H,14,19). The van der Waals surface area contributed by atoms with Gasteiger partial charge in [0, 0.05) is 18.2 Å². The van der Waals surface area contributed by atoms with Crippen molar-refractivity contribution in [3.63, 3.8) is 0 Å². The number of hydrogen-bond acceptors (Lipinski definition) is 4. The number of fused-ring (bicyclic) bond motifs is 1. The summed E-state index contributed by atoms with van der Waals surface area (Å²) in [6.45, 7) is 0.425. The summed E-state index contributed by atoms with van der Waals surface area (Å²) in [5.41, 5.74) is 0.0397. The maximum absolute atomic E-state index is 12.0. The Morgan fingerprint density at radius 3 is 2.90 bits per heavy atom. The van der Waals surface area contributed by atoms with Gasteiger partial charge in [-0.1, -0.05) is 6.07 Å². The molecule has 0 spiro atoms. The second-order valence-corrected chi connectivity index (χ2v) is 5.30. The molecule has 2 N–H and O–H groups in total. The maximum atomic E-state index is 12.0. The lowest BCUT2D eigenvalue weighted by atomic mass is 10.1. The molecule has 1 amide bonds. The van der Waals surface area contributed by atoms with E-state index in [-0.39, 0.29) is 30.2 Å². The summed E-state index contributed by atoms with van der Waals surface area (Å²) in [6.07, 6.45) is 3.47. The second-order valence-electron chi connectivity index (χ2n) is 5.30. The van der Waals surface area contributed by atoms with Gasteiger partial charge in [-0.05, 0) is 25.0 Å². The minimum Gasteiger partial charge on any atom is -0.396 e. The Hall–Kier alpha value is -2.15. The number of nitrogens with zero attached hydrogens (tertiary/aromatic N) is 3. The van der Waals surface area contributed by atoms with Gasteiger partial charge in [-0.2, -0.15) is 0 Å². The SMILES string of the molecule is O=C(Cn1nc2ccccn2c1=O)NCC1(CO)CC1. The van der Waals surface area contributed by atoms with Crippen LogP contribution in [0.2, 0.25) is 0 Å². The zero-order valence-electron chi connectivity index (χ0n) is 11.0. The van der Waals surface area contributed by atoms with E-state index in [1.807, 2.05) is 0 Å². The molecule has 0 bridgehead atoms. The average Bonchev–Trinajstić information content (AvgIpc) is 3.19. The summed E-state index contributed by atoms with van der Waals surface area (Å²) < 4.78 is 2.53. The van der Waals surface area contributed by atoms with E-state index in [2.05, 4.69) is 10.4 Å². The van der Waals surface area contributed by atoms with Crippen LogP contribution in [0.4, 0.5) is 0 Å². The second kappa shape index (κ2) is 4.75. The van der Waals surface area contributed by atoms with Gasteiger partial charge in [-0.3, -0.25) is 9.20 Å². The van der Waals surface area contributed by atoms with Gasteiger partial charge < -0.3 is 10.4 Å². The first-order valence-corrected chi connectivity index (χ1v) is 6.55. The van der Waals surface area contributed by atoms with Crippen LogP contribution in [0, 0.1) is 5.41 Å². The van der Waals surface area contributed by atoms with Crippen molar-refractivity contribution < 1.29 is 9.90 Å². The Labute approximate surface area is 114 Å². The van der Waals surface area contributed by atoms with E-state index in [9.17, 15) is 14.7 Å². The molecule has 3 rings (SSSR count). The summed E-state index contributed by atoms with van der Waals surface area (Å²) in [4.78, 5) is 23.8. The fourth-order valence-electron chi connectivity index (χ4n) is 2.12. The van der Waals surface area contributed by atoms with Crippen LogP contribution < -0.4 is 11.0 Å². The molecule has 20 heavy (non-hydrogen) atoms. The van der Waals surface area contributed by atoms with E-state index < -0.39 is 0 Å². The third kappa shape index (κ3) is 2.32. The minimum atomic E-state index is -0.334. The average molecular weight is 276 g/mol. The van der Waals surface area contributed by atoms with Gasteiger partial charge in [0.05, 0.1) is 6.61 Å². The number of carbonyl (C=O) groups excluding carboxylic acids is 1. The number of rotatable bonds is 5. The van der Waals surface area contributed by atoms with Gasteiger partial charge in [-0.25, -0.2) is 9.48 Å². The predicted octanol–water partition coefficient (Wildman–Crippen LogP) is -0.615. The number of amides is 1. The fourth-order valence-corrected chi connectivity index (χ4v) is 2.12. The van der Waals surface area contributed by atoms with Crippen LogP contribution in [0.15, 0.2) is 29.2 Å². The zero-order valence-corrected chi connectivity index (χ0v) is 11.0. The Morgan fingerprint density at radius 1 is 1.45 bits per heavy atom. The van der Waals surface area contributed by atoms with Crippen molar-refractivity contribution in [3.8, 4) is 0 Å². The van der Waals surface area contributed by atoms with Crippen molar-refractivity contribution in [2.45, 2.75) is 19.4 Å². The van der Waals surface area contributed by atoms with E-state index in [0.717, 1.165) is 17.5 Å². The van der Waals surface area contributed by atoms with Crippen LogP contribution in [-0.4, -0.2) is 38.3 Å². The first kappa shape index (κ1) is 12.9. The van der Waals surface area contributed by atoms with E-state index in [4.69, 9.17) is 0 Å². The van der Waals surface area contributed by atoms with Gasteiger partial charge in [-0.15, -0.1) is 5.10 Å². The highest BCUT2D eigenvalue weighted by molar-refractivity contribution is 5.75. The van der Waals surface area contributed by atoms with Crippen molar-refractivity contribution in [1.29, 1.82) is 0 Å². The van der Waals surface area contributed by atoms with Crippen molar-refractivity contribution >= 4 is 11.6 Å². The Kier molecular flexibility index (Phi) is 3.06. The summed E-state index contributed by atoms with van der Waals surface area (Å²) in [6, 6.07) is 5.23. The van der Waals surface area contributed by atoms with Gasteiger partial charge >= 0.3 is 5.69 Å². The van der Waals surface area contributed by atoms with Crippen molar-refractivity contribution in [1.82, 2.24) is 19.5 Å². The largest absolute Gasteiger partial charge is 0.396 e. The molecule has 1 fully saturated rings. The number of hydrogen-bond donors (Lipinski definition) is 2. The van der Waals surface area contributed by atoms with Crippen LogP contribution in [0.1, 0.15) is 12.8 Å². The molecular formula is C13H16N4O3. The molecule has 7 heteroatoms. The fraction of sp³-hybridized carbons (Fsp3) is 0.462. The zero-order chi connectivity index (χ0) is 14.2. The maximum Gasteiger partial charge on any atom is 0.350 e. The highest BCUT2D eigenvalue weighted by atomic mass is 16.3. The van der Waals surface area contributed by atoms with Crippen molar-refractivity contribution in [2.75, 3.05) is 13.2 Å². The number of aromatic nitrogens is 3. The lowest BCUT2D eigenvalue weighted by Crippen LogP contribution is -2.36. The molecule has 0 aliphatic heterocycles. The van der Waals surface area contributed by atoms with Gasteiger partial charge in [0.1, 0.15) is 6.54 Å². The third-order valence-electron chi connectivity index (χ3n) is 3.73. The molecule has 2 aromatic heterocycles. The minimum absolute atomic E-state index is 0.0849. The molecular weight excluding hydrogens is 260 g/mol. The number of aliphatic hydroxyl groups is 1. The van der Waals surface area contributed by atoms with E-state index in [1.54, 1.807) is 24.4 Å². The molecule has 1 aliphatic carbocycles. The Bertz CT molecular complexity index is 699. The van der Waals surface area contributed by atoms with Crippen molar-refractivity contribution in [3.05, 3.63) is 34.9 Å². The summed E-state index contributed by atoms with van der Waals surface area (Å²) in [5.74, 6) is -0.268. The lowest BCUT2D eigenvalue weighted by Gasteiger charge is -2.12. The molecule has 1 saturated carbocycles. The van der Waals surface area contributed by atoms with E-state index in [1.165, 1.54) is 4.40 Å². The summed E-state index contributed by atoms with van der Waals surface area (Å²) >= 11 is 0. The smallest absolute Gasteiger partial charge is 0.350 e. The summed E-state index contributed by atoms with van der Waals surface area (Å²) in [5, 5.41) is 16.0. The van der Waals surface area contributed by atoms with Crippen LogP contribution in [0.25, 0.3) is 5.65 Å². The van der Waals surface area contributed by atoms with Gasteiger partial charge in [0.25, 0.3) is 0 Å². The number of carbonyl (C=O) groups is 1. The van der Waals surface area contributed by atoms with Crippen LogP contribution in [-0.2, 0) is 11.3 Å². The monoisotopic (exact) mass is 276 g/mol. The normalized spacial score (nSPS) is 16.2. The highest BCUT2D eigenvalue weighted by Crippen LogP contribution is 2.44. The molecule has 0 unspecified atom stereocenters. The first-order chi connectivity index (χ1) is 9.63. The van der Waals surface area contributed by atoms with Crippen LogP contribution >= 0.6 is 0 Å². The molecule has 2 aromatic rings. The van der Waals surface area contributed by atoms with E-state index in [0.29, 0.717) is 12.2 Å². The molecule has 0 saturated heterocycles. The number of nitrogens with one attached hydrogen (secondary N) is 1. The molecule has 0 atom stereocenters. The van der Waals surface area contributed by atoms with Crippen LogP contribution in [0.3, 0.4) is 0 Å². The molecule has 106 valence electrons. The van der Waals surface area contributed by atoms with E-state index >= 15 is 0 Å². The van der Waals surface area contributed by atoms with Gasteiger partial charge in [0.2, 0.25) is 5.91 Å². The van der Waals surface area contributed by atoms with Crippen LogP contribution in [0.5, 0.6) is 0 Å². The summed E-state index contributed by atoms with van der Waals surface area (Å²) in [7, 11) is 0. The Morgan fingerprint density at radius 2 is 2.25 bits per heavy atom. The number of pyridine rings is 1. The Balaban J connectivity index is 1.68. The molecule has 0 radical (unpaired) electrons. The topological polar surface area (TPSA) is 88.6 Å². The highest BCUT2D eigenvalue weighted by Gasteiger charge is 2.42. The van der Waals surface area contributed by atoms with Gasteiger partial charge in [0.15, 0.2) is 5.65 Å². The predicted molar refractivity (Wildman–Crippen MR) is 71.2 cm³/mol. The molecule has 7 nitrogen and oxygen atoms in total. The third-order valence-corrected chi connectivity index (χ3v) is 3.73. The van der Waals surface area contributed by atoms with Crippen molar-refractivity contribution in [2.24, 2.45) is 5.41 Å². The molecule has 1 aliphatic rings. The first-order valence-electron chi connectivity index (χ1n) is 6.55. The quantitative estimate of drug-likeness (QED) is 0.762. The molecule has 0 aromatic carbocycles.